The Morgan fingerprint density at radius 3 is 2.32 bits per heavy atom. The maximum atomic E-state index is 12.2. The first kappa shape index (κ1) is 16.9. The van der Waals surface area contributed by atoms with Gasteiger partial charge in [0.05, 0.1) is 0 Å². The summed E-state index contributed by atoms with van der Waals surface area (Å²) >= 11 is 0. The van der Waals surface area contributed by atoms with Crippen molar-refractivity contribution in [2.75, 3.05) is 46.8 Å². The van der Waals surface area contributed by atoms with Crippen LogP contribution in [0.3, 0.4) is 0 Å². The van der Waals surface area contributed by atoms with Crippen LogP contribution in [0.1, 0.15) is 32.6 Å². The Kier molecular flexibility index (Phi) is 5.91. The number of rotatable bonds is 2. The van der Waals surface area contributed by atoms with Crippen LogP contribution >= 0.6 is 0 Å². The number of carbonyl (C=O) groups is 2. The lowest BCUT2D eigenvalue weighted by molar-refractivity contribution is 0.127. The topological polar surface area (TPSA) is 55.9 Å². The van der Waals surface area contributed by atoms with Crippen molar-refractivity contribution < 1.29 is 9.59 Å². The summed E-state index contributed by atoms with van der Waals surface area (Å²) in [5.41, 5.74) is 0. The van der Waals surface area contributed by atoms with Crippen molar-refractivity contribution >= 4 is 12.1 Å². The Morgan fingerprint density at radius 1 is 1.09 bits per heavy atom. The number of carbonyl (C=O) groups excluding carboxylic acids is 2. The summed E-state index contributed by atoms with van der Waals surface area (Å²) < 4.78 is 0. The number of hydrogen-bond donors (Lipinski definition) is 1. The maximum Gasteiger partial charge on any atom is 0.319 e. The first-order valence-corrected chi connectivity index (χ1v) is 8.46. The van der Waals surface area contributed by atoms with Gasteiger partial charge in [-0.2, -0.15) is 0 Å². The Balaban J connectivity index is 1.70. The number of urea groups is 2. The van der Waals surface area contributed by atoms with Crippen LogP contribution in [0.4, 0.5) is 9.59 Å². The van der Waals surface area contributed by atoms with Gasteiger partial charge in [0.25, 0.3) is 0 Å². The monoisotopic (exact) mass is 310 g/mol. The number of piperazine rings is 1. The SMILES string of the molecule is CC1CCCC(CNC(=O)N2CCN(C(=O)N(C)C)CC2)C1. The van der Waals surface area contributed by atoms with Gasteiger partial charge in [0.15, 0.2) is 0 Å². The fourth-order valence-corrected chi connectivity index (χ4v) is 3.47. The molecule has 6 nitrogen and oxygen atoms in total. The van der Waals surface area contributed by atoms with Crippen molar-refractivity contribution in [3.8, 4) is 0 Å². The zero-order chi connectivity index (χ0) is 16.1. The van der Waals surface area contributed by atoms with E-state index < -0.39 is 0 Å². The maximum absolute atomic E-state index is 12.2. The van der Waals surface area contributed by atoms with E-state index in [1.165, 1.54) is 25.7 Å². The van der Waals surface area contributed by atoms with E-state index in [1.807, 2.05) is 4.90 Å². The normalized spacial score (nSPS) is 25.8. The van der Waals surface area contributed by atoms with E-state index in [0.717, 1.165) is 12.5 Å². The molecular formula is C16H30N4O2. The molecule has 126 valence electrons. The van der Waals surface area contributed by atoms with Crippen LogP contribution in [0.5, 0.6) is 0 Å². The molecule has 2 unspecified atom stereocenters. The number of nitrogens with one attached hydrogen (secondary N) is 1. The summed E-state index contributed by atoms with van der Waals surface area (Å²) in [4.78, 5) is 29.3. The molecule has 2 fully saturated rings. The molecule has 0 aromatic rings. The zero-order valence-electron chi connectivity index (χ0n) is 14.2. The van der Waals surface area contributed by atoms with Crippen molar-refractivity contribution in [2.45, 2.75) is 32.6 Å². The number of nitrogens with zero attached hydrogens (tertiary/aromatic N) is 3. The van der Waals surface area contributed by atoms with Crippen molar-refractivity contribution in [3.63, 3.8) is 0 Å². The quantitative estimate of drug-likeness (QED) is 0.846. The van der Waals surface area contributed by atoms with E-state index >= 15 is 0 Å². The van der Waals surface area contributed by atoms with Gasteiger partial charge in [-0.05, 0) is 24.7 Å². The number of hydrogen-bond acceptors (Lipinski definition) is 2. The second-order valence-electron chi connectivity index (χ2n) is 6.97. The predicted octanol–water partition coefficient (Wildman–Crippen LogP) is 1.82. The summed E-state index contributed by atoms with van der Waals surface area (Å²) in [7, 11) is 3.51. The summed E-state index contributed by atoms with van der Waals surface area (Å²) in [6.45, 7) is 5.56. The molecule has 1 saturated carbocycles. The summed E-state index contributed by atoms with van der Waals surface area (Å²) in [5, 5.41) is 3.08. The third kappa shape index (κ3) is 4.52. The van der Waals surface area contributed by atoms with Gasteiger partial charge in [-0.15, -0.1) is 0 Å². The molecule has 22 heavy (non-hydrogen) atoms. The highest BCUT2D eigenvalue weighted by atomic mass is 16.2. The van der Waals surface area contributed by atoms with Gasteiger partial charge >= 0.3 is 12.1 Å². The molecule has 0 aromatic heterocycles. The lowest BCUT2D eigenvalue weighted by Gasteiger charge is -2.36. The minimum Gasteiger partial charge on any atom is -0.338 e. The Hall–Kier alpha value is -1.46. The van der Waals surface area contributed by atoms with Gasteiger partial charge in [-0.1, -0.05) is 19.8 Å². The highest BCUT2D eigenvalue weighted by molar-refractivity contribution is 5.76. The molecule has 1 aliphatic heterocycles. The largest absolute Gasteiger partial charge is 0.338 e. The van der Waals surface area contributed by atoms with E-state index in [2.05, 4.69) is 12.2 Å². The van der Waals surface area contributed by atoms with E-state index in [1.54, 1.807) is 23.9 Å². The molecule has 4 amide bonds. The Labute approximate surface area is 133 Å². The van der Waals surface area contributed by atoms with Gasteiger partial charge < -0.3 is 20.0 Å². The molecule has 0 aromatic carbocycles. The summed E-state index contributed by atoms with van der Waals surface area (Å²) in [6.07, 6.45) is 5.07. The van der Waals surface area contributed by atoms with Crippen molar-refractivity contribution in [1.29, 1.82) is 0 Å². The number of amides is 4. The Bertz CT molecular complexity index is 392. The molecule has 0 spiro atoms. The zero-order valence-corrected chi connectivity index (χ0v) is 14.2. The van der Waals surface area contributed by atoms with Gasteiger partial charge in [-0.3, -0.25) is 0 Å². The standard InChI is InChI=1S/C16H30N4O2/c1-13-5-4-6-14(11-13)12-17-15(21)19-7-9-20(10-8-19)16(22)18(2)3/h13-14H,4-12H2,1-3H3,(H,17,21). The van der Waals surface area contributed by atoms with Crippen LogP contribution in [0.15, 0.2) is 0 Å². The van der Waals surface area contributed by atoms with Crippen LogP contribution in [0, 0.1) is 11.8 Å². The van der Waals surface area contributed by atoms with Crippen LogP contribution in [0.25, 0.3) is 0 Å². The fourth-order valence-electron chi connectivity index (χ4n) is 3.47. The summed E-state index contributed by atoms with van der Waals surface area (Å²) in [5.74, 6) is 1.42. The minimum atomic E-state index is 0.0233. The molecular weight excluding hydrogens is 280 g/mol. The van der Waals surface area contributed by atoms with Crippen LogP contribution in [0.2, 0.25) is 0 Å². The second kappa shape index (κ2) is 7.70. The van der Waals surface area contributed by atoms with E-state index in [9.17, 15) is 9.59 Å². The second-order valence-corrected chi connectivity index (χ2v) is 6.97. The molecule has 1 heterocycles. The molecule has 0 bridgehead atoms. The molecule has 6 heteroatoms. The van der Waals surface area contributed by atoms with Gasteiger partial charge in [0, 0.05) is 46.8 Å². The van der Waals surface area contributed by atoms with Crippen LogP contribution in [-0.4, -0.2) is 73.6 Å². The van der Waals surface area contributed by atoms with Gasteiger partial charge in [-0.25, -0.2) is 9.59 Å². The van der Waals surface area contributed by atoms with Crippen molar-refractivity contribution in [3.05, 3.63) is 0 Å². The van der Waals surface area contributed by atoms with E-state index in [4.69, 9.17) is 0 Å². The fraction of sp³-hybridized carbons (Fsp3) is 0.875. The molecule has 1 N–H and O–H groups in total. The first-order valence-electron chi connectivity index (χ1n) is 8.46. The molecule has 2 atom stereocenters. The van der Waals surface area contributed by atoms with Crippen molar-refractivity contribution in [2.24, 2.45) is 11.8 Å². The predicted molar refractivity (Wildman–Crippen MR) is 86.7 cm³/mol. The summed E-state index contributed by atoms with van der Waals surface area (Å²) in [6, 6.07) is 0.0476. The minimum absolute atomic E-state index is 0.0233. The molecule has 1 saturated heterocycles. The van der Waals surface area contributed by atoms with Gasteiger partial charge in [0.1, 0.15) is 0 Å². The van der Waals surface area contributed by atoms with Crippen LogP contribution < -0.4 is 5.32 Å². The highest BCUT2D eigenvalue weighted by Crippen LogP contribution is 2.27. The third-order valence-corrected chi connectivity index (χ3v) is 4.81. The smallest absolute Gasteiger partial charge is 0.319 e. The average Bonchev–Trinajstić information content (AvgIpc) is 2.52. The van der Waals surface area contributed by atoms with Gasteiger partial charge in [0.2, 0.25) is 0 Å². The molecule has 2 aliphatic rings. The highest BCUT2D eigenvalue weighted by Gasteiger charge is 2.25. The lowest BCUT2D eigenvalue weighted by Crippen LogP contribution is -2.55. The molecule has 2 rings (SSSR count). The average molecular weight is 310 g/mol. The third-order valence-electron chi connectivity index (χ3n) is 4.81. The molecule has 0 radical (unpaired) electrons. The lowest BCUT2D eigenvalue weighted by atomic mass is 9.82. The van der Waals surface area contributed by atoms with E-state index in [0.29, 0.717) is 32.1 Å². The van der Waals surface area contributed by atoms with Crippen molar-refractivity contribution in [1.82, 2.24) is 20.0 Å². The van der Waals surface area contributed by atoms with Crippen LogP contribution in [-0.2, 0) is 0 Å². The Morgan fingerprint density at radius 2 is 1.73 bits per heavy atom. The van der Waals surface area contributed by atoms with E-state index in [-0.39, 0.29) is 12.1 Å². The molecule has 1 aliphatic carbocycles. The first-order chi connectivity index (χ1) is 10.5.